The number of halogens is 1. The molecule has 4 nitrogen and oxygen atoms in total. The molecule has 160 valence electrons. The van der Waals surface area contributed by atoms with Crippen LogP contribution in [0, 0.1) is 12.5 Å². The summed E-state index contributed by atoms with van der Waals surface area (Å²) in [4.78, 5) is 6.19. The van der Waals surface area contributed by atoms with Crippen LogP contribution in [0.5, 0.6) is 0 Å². The van der Waals surface area contributed by atoms with E-state index in [1.165, 1.54) is 42.6 Å². The molecule has 2 atom stereocenters. The van der Waals surface area contributed by atoms with Crippen LogP contribution in [0.15, 0.2) is 65.3 Å². The third-order valence-corrected chi connectivity index (χ3v) is 6.76. The molecule has 1 aliphatic heterocycles. The van der Waals surface area contributed by atoms with Gasteiger partial charge in [-0.3, -0.25) is 0 Å². The molecular weight excluding hydrogens is 406 g/mol. The molecular formula is C26H28ClN3O. The van der Waals surface area contributed by atoms with Crippen LogP contribution >= 0.6 is 11.6 Å². The van der Waals surface area contributed by atoms with Crippen molar-refractivity contribution < 1.29 is 9.42 Å². The quantitative estimate of drug-likeness (QED) is 0.495. The highest BCUT2D eigenvalue weighted by atomic mass is 35.5. The molecule has 1 N–H and O–H groups in total. The molecule has 31 heavy (non-hydrogen) atoms. The third kappa shape index (κ3) is 4.86. The highest BCUT2D eigenvalue weighted by Crippen LogP contribution is 2.37. The predicted molar refractivity (Wildman–Crippen MR) is 122 cm³/mol. The first kappa shape index (κ1) is 20.3. The molecule has 0 amide bonds. The summed E-state index contributed by atoms with van der Waals surface area (Å²) in [5, 5.41) is 5.07. The second-order valence-electron chi connectivity index (χ2n) is 8.78. The maximum absolute atomic E-state index is 6.31. The minimum absolute atomic E-state index is 0.0830. The monoisotopic (exact) mass is 433 g/mol. The van der Waals surface area contributed by atoms with E-state index in [2.05, 4.69) is 54.3 Å². The Hall–Kier alpha value is -2.56. The van der Waals surface area contributed by atoms with E-state index in [-0.39, 0.29) is 5.92 Å². The van der Waals surface area contributed by atoms with Crippen LogP contribution < -0.4 is 4.90 Å². The fourth-order valence-corrected chi connectivity index (χ4v) is 4.91. The van der Waals surface area contributed by atoms with Gasteiger partial charge >= 0.3 is 0 Å². The van der Waals surface area contributed by atoms with Crippen molar-refractivity contribution in [2.24, 2.45) is 5.92 Å². The van der Waals surface area contributed by atoms with Gasteiger partial charge in [-0.15, -0.1) is 6.08 Å². The summed E-state index contributed by atoms with van der Waals surface area (Å²) >= 11 is 6.31. The fraction of sp³-hybridized carbons (Fsp3) is 0.346. The maximum atomic E-state index is 6.31. The Kier molecular flexibility index (Phi) is 6.10. The first-order chi connectivity index (χ1) is 15.2. The van der Waals surface area contributed by atoms with Crippen LogP contribution in [0.1, 0.15) is 61.5 Å². The van der Waals surface area contributed by atoms with Crippen molar-refractivity contribution in [1.29, 1.82) is 0 Å². The SMILES string of the molecule is Clc1cccc(C(CC2CCCCC2)c2nc(-c3ccc(C[NH+]4C=C[CH-]4)cc3)no2)c1. The first-order valence-corrected chi connectivity index (χ1v) is 11.7. The zero-order chi connectivity index (χ0) is 21.0. The van der Waals surface area contributed by atoms with Crippen molar-refractivity contribution in [2.45, 2.75) is 51.0 Å². The molecule has 0 radical (unpaired) electrons. The Balaban J connectivity index is 1.37. The average molecular weight is 434 g/mol. The average Bonchev–Trinajstić information content (AvgIpc) is 3.26. The number of rotatable bonds is 7. The second-order valence-corrected chi connectivity index (χ2v) is 9.21. The van der Waals surface area contributed by atoms with Crippen molar-refractivity contribution in [3.8, 4) is 11.4 Å². The van der Waals surface area contributed by atoms with Crippen molar-refractivity contribution in [3.05, 3.63) is 89.4 Å². The lowest BCUT2D eigenvalue weighted by Gasteiger charge is -2.29. The molecule has 0 saturated heterocycles. The second kappa shape index (κ2) is 9.29. The Morgan fingerprint density at radius 1 is 1.10 bits per heavy atom. The number of benzene rings is 2. The molecule has 0 spiro atoms. The summed E-state index contributed by atoms with van der Waals surface area (Å²) in [6.07, 6.45) is 11.8. The third-order valence-electron chi connectivity index (χ3n) is 6.53. The number of hydrogen-bond donors (Lipinski definition) is 1. The Morgan fingerprint density at radius 2 is 1.90 bits per heavy atom. The topological polar surface area (TPSA) is 43.4 Å². The Morgan fingerprint density at radius 3 is 2.61 bits per heavy atom. The number of nitrogens with zero attached hydrogens (tertiary/aromatic N) is 2. The van der Waals surface area contributed by atoms with Crippen LogP contribution in [-0.2, 0) is 6.54 Å². The normalized spacial score (nSPS) is 19.6. The summed E-state index contributed by atoms with van der Waals surface area (Å²) in [7, 11) is 0. The largest absolute Gasteiger partial charge is 0.421 e. The number of nitrogens with one attached hydrogen (secondary N) is 1. The van der Waals surface area contributed by atoms with E-state index in [0.29, 0.717) is 17.6 Å². The van der Waals surface area contributed by atoms with Crippen LogP contribution in [0.4, 0.5) is 0 Å². The molecule has 5 rings (SSSR count). The van der Waals surface area contributed by atoms with Gasteiger partial charge in [-0.2, -0.15) is 4.98 Å². The smallest absolute Gasteiger partial charge is 0.234 e. The molecule has 0 bridgehead atoms. The summed E-state index contributed by atoms with van der Waals surface area (Å²) in [6.45, 7) is 3.12. The van der Waals surface area contributed by atoms with E-state index >= 15 is 0 Å². The Labute approximate surface area is 188 Å². The van der Waals surface area contributed by atoms with E-state index in [1.54, 1.807) is 0 Å². The fourth-order valence-electron chi connectivity index (χ4n) is 4.71. The highest BCUT2D eigenvalue weighted by molar-refractivity contribution is 6.30. The van der Waals surface area contributed by atoms with E-state index < -0.39 is 0 Å². The molecule has 2 aliphatic rings. The Bertz CT molecular complexity index is 1040. The molecule has 1 fully saturated rings. The molecule has 2 heterocycles. The van der Waals surface area contributed by atoms with Crippen molar-refractivity contribution in [3.63, 3.8) is 0 Å². The maximum Gasteiger partial charge on any atom is 0.234 e. The molecule has 2 unspecified atom stereocenters. The zero-order valence-electron chi connectivity index (χ0n) is 17.6. The highest BCUT2D eigenvalue weighted by Gasteiger charge is 2.26. The van der Waals surface area contributed by atoms with Gasteiger partial charge < -0.3 is 9.42 Å². The van der Waals surface area contributed by atoms with E-state index in [0.717, 1.165) is 29.1 Å². The van der Waals surface area contributed by atoms with Gasteiger partial charge in [0.2, 0.25) is 11.7 Å². The molecule has 1 saturated carbocycles. The predicted octanol–water partition coefficient (Wildman–Crippen LogP) is 5.57. The van der Waals surface area contributed by atoms with Gasteiger partial charge in [0.1, 0.15) is 0 Å². The van der Waals surface area contributed by atoms with Gasteiger partial charge in [0.25, 0.3) is 0 Å². The van der Waals surface area contributed by atoms with Gasteiger partial charge in [-0.05, 0) is 30.0 Å². The summed E-state index contributed by atoms with van der Waals surface area (Å²) in [5.41, 5.74) is 3.43. The van der Waals surface area contributed by atoms with Gasteiger partial charge in [0.15, 0.2) is 0 Å². The van der Waals surface area contributed by atoms with Crippen molar-refractivity contribution >= 4 is 11.6 Å². The van der Waals surface area contributed by atoms with Gasteiger partial charge in [-0.25, -0.2) is 0 Å². The first-order valence-electron chi connectivity index (χ1n) is 11.3. The number of hydrogen-bond acceptors (Lipinski definition) is 3. The van der Waals surface area contributed by atoms with Crippen LogP contribution in [-0.4, -0.2) is 10.1 Å². The van der Waals surface area contributed by atoms with E-state index in [9.17, 15) is 0 Å². The van der Waals surface area contributed by atoms with Crippen molar-refractivity contribution in [2.75, 3.05) is 0 Å². The molecule has 5 heteroatoms. The summed E-state index contributed by atoms with van der Waals surface area (Å²) in [5.74, 6) is 2.12. The number of quaternary nitrogens is 1. The summed E-state index contributed by atoms with van der Waals surface area (Å²) in [6, 6.07) is 16.6. The molecule has 1 aromatic heterocycles. The van der Waals surface area contributed by atoms with Crippen LogP contribution in [0.3, 0.4) is 0 Å². The lowest BCUT2D eigenvalue weighted by molar-refractivity contribution is -0.840. The molecule has 2 aromatic carbocycles. The summed E-state index contributed by atoms with van der Waals surface area (Å²) < 4.78 is 5.82. The van der Waals surface area contributed by atoms with E-state index in [4.69, 9.17) is 21.1 Å². The van der Waals surface area contributed by atoms with Crippen LogP contribution in [0.25, 0.3) is 11.4 Å². The zero-order valence-corrected chi connectivity index (χ0v) is 18.4. The molecule has 3 aromatic rings. The minimum Gasteiger partial charge on any atom is -0.421 e. The number of aromatic nitrogens is 2. The van der Waals surface area contributed by atoms with Crippen molar-refractivity contribution in [1.82, 2.24) is 10.1 Å². The van der Waals surface area contributed by atoms with Gasteiger partial charge in [-0.1, -0.05) is 98.0 Å². The minimum atomic E-state index is 0.0830. The standard InChI is InChI=1S/C26H28ClN3O/c27-23-9-4-8-22(17-23)24(16-19-6-2-1-3-7-19)26-28-25(29-31-26)21-12-10-20(11-13-21)18-30-14-5-15-30/h4-5,8-15,17,19,24,30H,1-3,6-7,16,18H2. The van der Waals surface area contributed by atoms with Crippen LogP contribution in [0.2, 0.25) is 5.02 Å². The lowest BCUT2D eigenvalue weighted by Crippen LogP contribution is -3.06. The lowest BCUT2D eigenvalue weighted by atomic mass is 9.80. The van der Waals surface area contributed by atoms with Gasteiger partial charge in [0.05, 0.1) is 12.5 Å². The van der Waals surface area contributed by atoms with Gasteiger partial charge in [0, 0.05) is 16.1 Å². The van der Waals surface area contributed by atoms with E-state index in [1.807, 2.05) is 18.2 Å². The molecule has 1 aliphatic carbocycles.